The third kappa shape index (κ3) is 1.51. The van der Waals surface area contributed by atoms with Crippen LogP contribution in [0, 0.1) is 5.92 Å². The summed E-state index contributed by atoms with van der Waals surface area (Å²) in [6, 6.07) is 0. The SMILES string of the molecule is O=C1OC(CO)CN1C(=O)C1CC1. The standard InChI is InChI=1S/C8H11NO4/c10-4-6-3-9(8(12)13-6)7(11)5-1-2-5/h5-6,10H,1-4H2. The zero-order chi connectivity index (χ0) is 9.42. The predicted molar refractivity (Wildman–Crippen MR) is 41.8 cm³/mol. The van der Waals surface area contributed by atoms with Gasteiger partial charge >= 0.3 is 6.09 Å². The average Bonchev–Trinajstić information content (AvgIpc) is 2.89. The fraction of sp³-hybridized carbons (Fsp3) is 0.750. The van der Waals surface area contributed by atoms with E-state index in [0.717, 1.165) is 17.7 Å². The molecule has 1 unspecified atom stereocenters. The molecular weight excluding hydrogens is 174 g/mol. The van der Waals surface area contributed by atoms with Gasteiger partial charge in [0.15, 0.2) is 0 Å². The van der Waals surface area contributed by atoms with E-state index in [1.165, 1.54) is 0 Å². The number of amides is 2. The Morgan fingerprint density at radius 2 is 2.31 bits per heavy atom. The van der Waals surface area contributed by atoms with Crippen LogP contribution in [0.1, 0.15) is 12.8 Å². The molecular formula is C8H11NO4. The number of nitrogens with zero attached hydrogens (tertiary/aromatic N) is 1. The monoisotopic (exact) mass is 185 g/mol. The summed E-state index contributed by atoms with van der Waals surface area (Å²) in [6.45, 7) is -0.0230. The highest BCUT2D eigenvalue weighted by Crippen LogP contribution is 2.32. The van der Waals surface area contributed by atoms with Gasteiger partial charge in [0.1, 0.15) is 6.10 Å². The molecule has 1 N–H and O–H groups in total. The van der Waals surface area contributed by atoms with Crippen LogP contribution in [0.25, 0.3) is 0 Å². The number of cyclic esters (lactones) is 1. The summed E-state index contributed by atoms with van der Waals surface area (Å²) >= 11 is 0. The molecule has 5 heteroatoms. The van der Waals surface area contributed by atoms with Crippen LogP contribution in [0.2, 0.25) is 0 Å². The number of imide groups is 1. The van der Waals surface area contributed by atoms with Gasteiger partial charge in [-0.3, -0.25) is 4.79 Å². The highest BCUT2D eigenvalue weighted by atomic mass is 16.6. The number of carbonyl (C=O) groups is 2. The predicted octanol–water partition coefficient (Wildman–Crippen LogP) is -0.264. The van der Waals surface area contributed by atoms with Gasteiger partial charge in [-0.15, -0.1) is 0 Å². The molecule has 1 heterocycles. The Bertz CT molecular complexity index is 249. The molecule has 2 fully saturated rings. The Balaban J connectivity index is 1.99. The molecule has 0 aromatic rings. The van der Waals surface area contributed by atoms with Crippen molar-refractivity contribution in [2.45, 2.75) is 18.9 Å². The second-order valence-electron chi connectivity index (χ2n) is 3.41. The van der Waals surface area contributed by atoms with Gasteiger partial charge in [-0.1, -0.05) is 0 Å². The molecule has 0 bridgehead atoms. The normalized spacial score (nSPS) is 27.6. The van der Waals surface area contributed by atoms with E-state index in [1.54, 1.807) is 0 Å². The van der Waals surface area contributed by atoms with Crippen LogP contribution in [-0.4, -0.2) is 41.3 Å². The molecule has 13 heavy (non-hydrogen) atoms. The first-order chi connectivity index (χ1) is 6.22. The number of hydrogen-bond acceptors (Lipinski definition) is 4. The van der Waals surface area contributed by atoms with E-state index in [0.29, 0.717) is 0 Å². The minimum Gasteiger partial charge on any atom is -0.441 e. The maximum Gasteiger partial charge on any atom is 0.417 e. The average molecular weight is 185 g/mol. The number of ether oxygens (including phenoxy) is 1. The van der Waals surface area contributed by atoms with Crippen molar-refractivity contribution in [3.8, 4) is 0 Å². The van der Waals surface area contributed by atoms with Crippen LogP contribution in [0.5, 0.6) is 0 Å². The summed E-state index contributed by atoms with van der Waals surface area (Å²) in [5.74, 6) is -0.133. The molecule has 1 atom stereocenters. The van der Waals surface area contributed by atoms with Crippen molar-refractivity contribution in [2.75, 3.05) is 13.2 Å². The molecule has 5 nitrogen and oxygen atoms in total. The first-order valence-corrected chi connectivity index (χ1v) is 4.35. The van der Waals surface area contributed by atoms with Crippen molar-refractivity contribution in [1.29, 1.82) is 0 Å². The van der Waals surface area contributed by atoms with Crippen molar-refractivity contribution in [2.24, 2.45) is 5.92 Å². The third-order valence-corrected chi connectivity index (χ3v) is 2.27. The van der Waals surface area contributed by atoms with Gasteiger partial charge in [-0.05, 0) is 12.8 Å². The van der Waals surface area contributed by atoms with Crippen LogP contribution >= 0.6 is 0 Å². The first-order valence-electron chi connectivity index (χ1n) is 4.35. The summed E-state index contributed by atoms with van der Waals surface area (Å²) in [4.78, 5) is 23.6. The van der Waals surface area contributed by atoms with Crippen LogP contribution in [0.15, 0.2) is 0 Å². The summed E-state index contributed by atoms with van der Waals surface area (Å²) in [7, 11) is 0. The Kier molecular flexibility index (Phi) is 1.95. The van der Waals surface area contributed by atoms with E-state index >= 15 is 0 Å². The zero-order valence-electron chi connectivity index (χ0n) is 7.10. The van der Waals surface area contributed by atoms with Gasteiger partial charge in [0.2, 0.25) is 5.91 Å². The lowest BCUT2D eigenvalue weighted by molar-refractivity contribution is -0.129. The largest absolute Gasteiger partial charge is 0.441 e. The minimum absolute atomic E-state index is 0.0185. The van der Waals surface area contributed by atoms with Crippen molar-refractivity contribution in [1.82, 2.24) is 4.90 Å². The lowest BCUT2D eigenvalue weighted by atomic mass is 10.3. The van der Waals surface area contributed by atoms with Gasteiger partial charge in [0.05, 0.1) is 13.2 Å². The highest BCUT2D eigenvalue weighted by Gasteiger charge is 2.41. The molecule has 1 saturated heterocycles. The van der Waals surface area contributed by atoms with E-state index in [1.807, 2.05) is 0 Å². The summed E-state index contributed by atoms with van der Waals surface area (Å²) in [5.41, 5.74) is 0. The lowest BCUT2D eigenvalue weighted by Crippen LogP contribution is -2.33. The molecule has 1 aliphatic heterocycles. The molecule has 0 radical (unpaired) electrons. The van der Waals surface area contributed by atoms with Gasteiger partial charge in [-0.2, -0.15) is 0 Å². The van der Waals surface area contributed by atoms with Gasteiger partial charge in [0, 0.05) is 5.92 Å². The molecule has 0 aromatic carbocycles. The fourth-order valence-electron chi connectivity index (χ4n) is 1.35. The number of aliphatic hydroxyl groups excluding tert-OH is 1. The van der Waals surface area contributed by atoms with E-state index in [2.05, 4.69) is 0 Å². The van der Waals surface area contributed by atoms with Crippen molar-refractivity contribution in [3.05, 3.63) is 0 Å². The highest BCUT2D eigenvalue weighted by molar-refractivity contribution is 5.95. The van der Waals surface area contributed by atoms with Crippen LogP contribution in [0.4, 0.5) is 4.79 Å². The Morgan fingerprint density at radius 1 is 1.62 bits per heavy atom. The van der Waals surface area contributed by atoms with E-state index in [9.17, 15) is 9.59 Å². The number of hydrogen-bond donors (Lipinski definition) is 1. The first kappa shape index (κ1) is 8.50. The molecule has 1 aliphatic carbocycles. The van der Waals surface area contributed by atoms with E-state index < -0.39 is 12.2 Å². The van der Waals surface area contributed by atoms with Crippen LogP contribution in [-0.2, 0) is 9.53 Å². The quantitative estimate of drug-likeness (QED) is 0.643. The fourth-order valence-corrected chi connectivity index (χ4v) is 1.35. The minimum atomic E-state index is -0.615. The van der Waals surface area contributed by atoms with Crippen LogP contribution < -0.4 is 0 Å². The smallest absolute Gasteiger partial charge is 0.417 e. The van der Waals surface area contributed by atoms with Crippen LogP contribution in [0.3, 0.4) is 0 Å². The van der Waals surface area contributed by atoms with Crippen molar-refractivity contribution >= 4 is 12.0 Å². The topological polar surface area (TPSA) is 66.8 Å². The summed E-state index contributed by atoms with van der Waals surface area (Å²) in [5, 5.41) is 8.72. The van der Waals surface area contributed by atoms with E-state index in [4.69, 9.17) is 9.84 Å². The Labute approximate surface area is 75.3 Å². The maximum atomic E-state index is 11.4. The summed E-state index contributed by atoms with van der Waals surface area (Å²) in [6.07, 6.45) is 0.588. The van der Waals surface area contributed by atoms with Gasteiger partial charge < -0.3 is 9.84 Å². The molecule has 72 valence electrons. The second kappa shape index (κ2) is 2.99. The molecule has 2 amide bonds. The second-order valence-corrected chi connectivity index (χ2v) is 3.41. The molecule has 0 spiro atoms. The number of rotatable bonds is 2. The third-order valence-electron chi connectivity index (χ3n) is 2.27. The summed E-state index contributed by atoms with van der Waals surface area (Å²) < 4.78 is 4.74. The van der Waals surface area contributed by atoms with Gasteiger partial charge in [-0.25, -0.2) is 9.69 Å². The Morgan fingerprint density at radius 3 is 2.77 bits per heavy atom. The molecule has 2 rings (SSSR count). The van der Waals surface area contributed by atoms with E-state index in [-0.39, 0.29) is 25.0 Å². The maximum absolute atomic E-state index is 11.4. The van der Waals surface area contributed by atoms with Crippen molar-refractivity contribution in [3.63, 3.8) is 0 Å². The number of aliphatic hydroxyl groups is 1. The van der Waals surface area contributed by atoms with Crippen molar-refractivity contribution < 1.29 is 19.4 Å². The molecule has 1 saturated carbocycles. The molecule has 0 aromatic heterocycles. The zero-order valence-corrected chi connectivity index (χ0v) is 7.10. The number of carbonyl (C=O) groups excluding carboxylic acids is 2. The Hall–Kier alpha value is -1.10. The lowest BCUT2D eigenvalue weighted by Gasteiger charge is -2.08. The molecule has 2 aliphatic rings. The van der Waals surface area contributed by atoms with Gasteiger partial charge in [0.25, 0.3) is 0 Å².